The number of hydrogen-bond donors (Lipinski definition) is 0. The molecule has 0 amide bonds. The van der Waals surface area contributed by atoms with E-state index < -0.39 is 17.3 Å². The first-order chi connectivity index (χ1) is 4.72. The monoisotopic (exact) mass is 146 g/mol. The van der Waals surface area contributed by atoms with E-state index in [9.17, 15) is 14.3 Å². The second-order valence-electron chi connectivity index (χ2n) is 1.77. The molecule has 0 saturated heterocycles. The number of benzene rings is 1. The van der Waals surface area contributed by atoms with E-state index in [1.54, 1.807) is 0 Å². The first-order valence-corrected chi connectivity index (χ1v) is 2.67. The van der Waals surface area contributed by atoms with E-state index in [4.69, 9.17) is 0 Å². The van der Waals surface area contributed by atoms with Gasteiger partial charge in [-0.25, -0.2) is 4.39 Å². The van der Waals surface area contributed by atoms with Crippen LogP contribution in [0.15, 0.2) is 24.3 Å². The van der Waals surface area contributed by atoms with Gasteiger partial charge in [-0.2, -0.15) is 0 Å². The molecule has 0 fully saturated rings. The normalized spacial score (nSPS) is 8.45. The molecule has 0 N–H and O–H groups in total. The molecule has 11 heavy (non-hydrogen) atoms. The SMILES string of the molecule is O=C([O-])c1ccccc1F.[Li+]. The summed E-state index contributed by atoms with van der Waals surface area (Å²) in [7, 11) is 0. The number of halogens is 1. The van der Waals surface area contributed by atoms with Crippen LogP contribution in [0.4, 0.5) is 4.39 Å². The van der Waals surface area contributed by atoms with Gasteiger partial charge >= 0.3 is 18.9 Å². The van der Waals surface area contributed by atoms with Crippen LogP contribution in [0.2, 0.25) is 0 Å². The Kier molecular flexibility index (Phi) is 3.87. The second-order valence-corrected chi connectivity index (χ2v) is 1.77. The zero-order valence-corrected chi connectivity index (χ0v) is 6.00. The Morgan fingerprint density at radius 1 is 1.36 bits per heavy atom. The number of carbonyl (C=O) groups excluding carboxylic acids is 1. The fourth-order valence-corrected chi connectivity index (χ4v) is 0.627. The van der Waals surface area contributed by atoms with Gasteiger partial charge in [0.1, 0.15) is 5.82 Å². The van der Waals surface area contributed by atoms with Crippen LogP contribution in [0, 0.1) is 5.82 Å². The van der Waals surface area contributed by atoms with Crippen LogP contribution in [-0.4, -0.2) is 5.97 Å². The minimum atomic E-state index is -1.49. The van der Waals surface area contributed by atoms with E-state index in [0.717, 1.165) is 12.1 Å². The molecule has 0 bridgehead atoms. The maximum Gasteiger partial charge on any atom is 1.00 e. The smallest absolute Gasteiger partial charge is 0.545 e. The van der Waals surface area contributed by atoms with Crippen molar-refractivity contribution in [2.45, 2.75) is 0 Å². The van der Waals surface area contributed by atoms with Crippen molar-refractivity contribution in [2.75, 3.05) is 0 Å². The second kappa shape index (κ2) is 4.17. The van der Waals surface area contributed by atoms with Gasteiger partial charge in [0.15, 0.2) is 0 Å². The molecule has 0 saturated carbocycles. The molecule has 52 valence electrons. The maximum absolute atomic E-state index is 12.4. The summed E-state index contributed by atoms with van der Waals surface area (Å²) in [6.45, 7) is 0. The standard InChI is InChI=1S/C7H5FO2.Li/c8-6-4-2-1-3-5(6)7(9)10;/h1-4H,(H,9,10);/q;+1/p-1. The van der Waals surface area contributed by atoms with Crippen molar-refractivity contribution in [2.24, 2.45) is 0 Å². The van der Waals surface area contributed by atoms with E-state index in [-0.39, 0.29) is 18.9 Å². The van der Waals surface area contributed by atoms with Crippen molar-refractivity contribution in [3.05, 3.63) is 35.6 Å². The summed E-state index contributed by atoms with van der Waals surface area (Å²) in [5, 5.41) is 10.1. The van der Waals surface area contributed by atoms with Crippen molar-refractivity contribution in [1.29, 1.82) is 0 Å². The van der Waals surface area contributed by atoms with Gasteiger partial charge in [-0.1, -0.05) is 18.2 Å². The number of carboxylic acid groups (broad SMARTS) is 1. The third-order valence-electron chi connectivity index (χ3n) is 1.09. The molecule has 4 heteroatoms. The van der Waals surface area contributed by atoms with Crippen LogP contribution in [-0.2, 0) is 0 Å². The van der Waals surface area contributed by atoms with E-state index in [2.05, 4.69) is 0 Å². The first kappa shape index (κ1) is 10.2. The molecular formula is C7H4FLiO2. The van der Waals surface area contributed by atoms with Gasteiger partial charge in [0, 0.05) is 5.56 Å². The van der Waals surface area contributed by atoms with Crippen molar-refractivity contribution in [3.63, 3.8) is 0 Å². The summed E-state index contributed by atoms with van der Waals surface area (Å²) in [5.41, 5.74) is -0.400. The Hall–Kier alpha value is -0.783. The average Bonchev–Trinajstić information content (AvgIpc) is 1.88. The zero-order chi connectivity index (χ0) is 7.56. The molecule has 0 aromatic heterocycles. The summed E-state index contributed by atoms with van der Waals surface area (Å²) in [6.07, 6.45) is 0. The van der Waals surface area contributed by atoms with Gasteiger partial charge in [-0.05, 0) is 6.07 Å². The molecule has 1 rings (SSSR count). The molecule has 0 heterocycles. The summed E-state index contributed by atoms with van der Waals surface area (Å²) in [6, 6.07) is 5.09. The van der Waals surface area contributed by atoms with Gasteiger partial charge in [0.2, 0.25) is 0 Å². The Morgan fingerprint density at radius 2 is 1.91 bits per heavy atom. The van der Waals surface area contributed by atoms with Crippen LogP contribution in [0.1, 0.15) is 10.4 Å². The van der Waals surface area contributed by atoms with Crippen LogP contribution in [0.5, 0.6) is 0 Å². The number of hydrogen-bond acceptors (Lipinski definition) is 2. The van der Waals surface area contributed by atoms with Crippen molar-refractivity contribution in [3.8, 4) is 0 Å². The van der Waals surface area contributed by atoms with E-state index >= 15 is 0 Å². The van der Waals surface area contributed by atoms with Crippen LogP contribution in [0.25, 0.3) is 0 Å². The molecule has 2 nitrogen and oxygen atoms in total. The largest absolute Gasteiger partial charge is 1.00 e. The fraction of sp³-hybridized carbons (Fsp3) is 0. The van der Waals surface area contributed by atoms with Crippen LogP contribution < -0.4 is 24.0 Å². The summed E-state index contributed by atoms with van der Waals surface area (Å²) in [4.78, 5) is 10.1. The third kappa shape index (κ3) is 2.38. The molecule has 1 aromatic carbocycles. The van der Waals surface area contributed by atoms with Gasteiger partial charge in [-0.15, -0.1) is 0 Å². The third-order valence-corrected chi connectivity index (χ3v) is 1.09. The number of aromatic carboxylic acids is 1. The molecule has 0 aliphatic carbocycles. The number of rotatable bonds is 1. The maximum atomic E-state index is 12.4. The molecule has 0 unspecified atom stereocenters. The predicted octanol–water partition coefficient (Wildman–Crippen LogP) is -2.81. The molecule has 0 spiro atoms. The molecule has 0 radical (unpaired) electrons. The number of carboxylic acids is 1. The molecule has 0 atom stereocenters. The van der Waals surface area contributed by atoms with Crippen molar-refractivity contribution < 1.29 is 33.2 Å². The molecular weight excluding hydrogens is 142 g/mol. The first-order valence-electron chi connectivity index (χ1n) is 2.67. The van der Waals surface area contributed by atoms with Crippen molar-refractivity contribution >= 4 is 5.97 Å². The molecule has 0 aliphatic heterocycles. The summed E-state index contributed by atoms with van der Waals surface area (Å²) in [5.74, 6) is -2.25. The summed E-state index contributed by atoms with van der Waals surface area (Å²) < 4.78 is 12.4. The minimum Gasteiger partial charge on any atom is -0.545 e. The molecule has 0 aliphatic rings. The van der Waals surface area contributed by atoms with Gasteiger partial charge in [-0.3, -0.25) is 0 Å². The minimum absolute atomic E-state index is 0. The Bertz CT molecular complexity index is 262. The van der Waals surface area contributed by atoms with E-state index in [1.165, 1.54) is 12.1 Å². The summed E-state index contributed by atoms with van der Waals surface area (Å²) >= 11 is 0. The average molecular weight is 146 g/mol. The van der Waals surface area contributed by atoms with Crippen molar-refractivity contribution in [1.82, 2.24) is 0 Å². The predicted molar refractivity (Wildman–Crippen MR) is 30.7 cm³/mol. The van der Waals surface area contributed by atoms with Crippen LogP contribution >= 0.6 is 0 Å². The Morgan fingerprint density at radius 3 is 2.27 bits per heavy atom. The number of carbonyl (C=O) groups is 1. The van der Waals surface area contributed by atoms with Gasteiger partial charge in [0.25, 0.3) is 0 Å². The quantitative estimate of drug-likeness (QED) is 0.401. The van der Waals surface area contributed by atoms with Crippen LogP contribution in [0.3, 0.4) is 0 Å². The van der Waals surface area contributed by atoms with Gasteiger partial charge in [0.05, 0.1) is 5.97 Å². The van der Waals surface area contributed by atoms with Gasteiger partial charge < -0.3 is 9.90 Å². The fourth-order valence-electron chi connectivity index (χ4n) is 0.627. The Labute approximate surface area is 75.2 Å². The van der Waals surface area contributed by atoms with E-state index in [0.29, 0.717) is 0 Å². The van der Waals surface area contributed by atoms with E-state index in [1.807, 2.05) is 0 Å². The Balaban J connectivity index is 0.000001000. The topological polar surface area (TPSA) is 40.1 Å². The molecule has 1 aromatic rings. The zero-order valence-electron chi connectivity index (χ0n) is 6.00.